The summed E-state index contributed by atoms with van der Waals surface area (Å²) in [5.41, 5.74) is -0.727. The molecule has 0 bridgehead atoms. The number of allylic oxidation sites excluding steroid dienone is 1. The molecule has 0 radical (unpaired) electrons. The van der Waals surface area contributed by atoms with Crippen LogP contribution in [0.15, 0.2) is 40.8 Å². The van der Waals surface area contributed by atoms with Crippen LogP contribution >= 0.6 is 23.4 Å². The highest BCUT2D eigenvalue weighted by atomic mass is 35.5. The van der Waals surface area contributed by atoms with Crippen LogP contribution in [0.4, 0.5) is 0 Å². The van der Waals surface area contributed by atoms with Crippen LogP contribution in [0.3, 0.4) is 0 Å². The number of hydrogen-bond donors (Lipinski definition) is 1. The highest BCUT2D eigenvalue weighted by Crippen LogP contribution is 2.25. The molecule has 1 N–H and O–H groups in total. The van der Waals surface area contributed by atoms with Crippen molar-refractivity contribution in [1.82, 2.24) is 14.9 Å². The average Bonchev–Trinajstić information content (AvgIpc) is 2.64. The molecule has 0 fully saturated rings. The van der Waals surface area contributed by atoms with Crippen molar-refractivity contribution in [3.63, 3.8) is 0 Å². The van der Waals surface area contributed by atoms with Gasteiger partial charge in [-0.15, -0.1) is 6.58 Å². The number of rotatable bonds is 7. The topological polar surface area (TPSA) is 87.8 Å². The Labute approximate surface area is 173 Å². The number of nitrogens with one attached hydrogen (secondary N) is 1. The molecule has 1 aromatic carbocycles. The first-order valence-electron chi connectivity index (χ1n) is 8.84. The minimum Gasteiger partial charge on any atom is -0.337 e. The van der Waals surface area contributed by atoms with Crippen LogP contribution in [0.1, 0.15) is 27.7 Å². The minimum atomic E-state index is -0.975. The summed E-state index contributed by atoms with van der Waals surface area (Å²) in [5.74, 6) is -0.355. The molecule has 6 nitrogen and oxygen atoms in total. The molecule has 0 aliphatic heterocycles. The van der Waals surface area contributed by atoms with E-state index in [-0.39, 0.29) is 23.9 Å². The summed E-state index contributed by atoms with van der Waals surface area (Å²) in [6.07, 6.45) is 1.60. The highest BCUT2D eigenvalue weighted by Gasteiger charge is 2.32. The zero-order valence-corrected chi connectivity index (χ0v) is 17.9. The van der Waals surface area contributed by atoms with E-state index in [1.807, 2.05) is 13.8 Å². The van der Waals surface area contributed by atoms with Crippen molar-refractivity contribution in [2.24, 2.45) is 5.92 Å². The molecule has 1 aromatic heterocycles. The van der Waals surface area contributed by atoms with Gasteiger partial charge in [0.15, 0.2) is 5.16 Å². The van der Waals surface area contributed by atoms with E-state index in [0.717, 1.165) is 11.8 Å². The average molecular weight is 419 g/mol. The predicted octanol–water partition coefficient (Wildman–Crippen LogP) is 3.77. The van der Waals surface area contributed by atoms with Crippen LogP contribution in [0.2, 0.25) is 5.02 Å². The Bertz CT molecular complexity index is 1010. The van der Waals surface area contributed by atoms with Crippen molar-refractivity contribution in [3.8, 4) is 6.07 Å². The molecule has 0 saturated carbocycles. The van der Waals surface area contributed by atoms with Crippen LogP contribution in [-0.2, 0) is 11.3 Å². The third-order valence-electron chi connectivity index (χ3n) is 4.62. The van der Waals surface area contributed by atoms with Gasteiger partial charge in [0, 0.05) is 11.6 Å². The van der Waals surface area contributed by atoms with E-state index in [1.54, 1.807) is 38.1 Å². The number of benzene rings is 1. The number of carbonyl (C=O) groups is 1. The fourth-order valence-electron chi connectivity index (χ4n) is 2.42. The van der Waals surface area contributed by atoms with Gasteiger partial charge in [-0.05, 0) is 38.0 Å². The maximum atomic E-state index is 12.8. The molecule has 0 spiro atoms. The van der Waals surface area contributed by atoms with E-state index >= 15 is 0 Å². The summed E-state index contributed by atoms with van der Waals surface area (Å²) in [4.78, 5) is 30.0. The number of carbonyl (C=O) groups excluding carboxylic acids is 1. The number of nitrogens with zero attached hydrogens (tertiary/aromatic N) is 3. The Hall–Kier alpha value is -2.30. The second kappa shape index (κ2) is 8.80. The van der Waals surface area contributed by atoms with E-state index in [2.05, 4.69) is 22.9 Å². The monoisotopic (exact) mass is 418 g/mol. The van der Waals surface area contributed by atoms with E-state index in [0.29, 0.717) is 21.1 Å². The molecular weight excluding hydrogens is 396 g/mol. The van der Waals surface area contributed by atoms with Gasteiger partial charge >= 0.3 is 0 Å². The summed E-state index contributed by atoms with van der Waals surface area (Å²) in [6, 6.07) is 7.06. The first-order valence-corrected chi connectivity index (χ1v) is 10.1. The number of thioether (sulfide) groups is 1. The molecule has 0 saturated heterocycles. The van der Waals surface area contributed by atoms with Crippen molar-refractivity contribution in [2.75, 3.05) is 0 Å². The molecule has 2 unspecified atom stereocenters. The van der Waals surface area contributed by atoms with Crippen molar-refractivity contribution < 1.29 is 4.79 Å². The maximum Gasteiger partial charge on any atom is 0.262 e. The first-order chi connectivity index (χ1) is 13.1. The molecular formula is C20H23ClN4O2S. The first kappa shape index (κ1) is 22.0. The lowest BCUT2D eigenvalue weighted by molar-refractivity contribution is -0.121. The van der Waals surface area contributed by atoms with Crippen molar-refractivity contribution in [2.45, 2.75) is 50.2 Å². The van der Waals surface area contributed by atoms with Crippen LogP contribution < -0.4 is 10.9 Å². The molecule has 28 heavy (non-hydrogen) atoms. The third kappa shape index (κ3) is 4.57. The largest absolute Gasteiger partial charge is 0.337 e. The smallest absolute Gasteiger partial charge is 0.262 e. The Kier molecular flexibility index (Phi) is 6.91. The lowest BCUT2D eigenvalue weighted by Crippen LogP contribution is -2.51. The lowest BCUT2D eigenvalue weighted by Gasteiger charge is -2.28. The number of aromatic nitrogens is 2. The van der Waals surface area contributed by atoms with Gasteiger partial charge in [0.2, 0.25) is 5.91 Å². The number of hydrogen-bond acceptors (Lipinski definition) is 5. The van der Waals surface area contributed by atoms with E-state index in [9.17, 15) is 14.9 Å². The van der Waals surface area contributed by atoms with Crippen LogP contribution in [0, 0.1) is 17.2 Å². The summed E-state index contributed by atoms with van der Waals surface area (Å²) in [5, 5.41) is 13.0. The summed E-state index contributed by atoms with van der Waals surface area (Å²) in [7, 11) is 0. The second-order valence-corrected chi connectivity index (χ2v) is 8.72. The normalized spacial score (nSPS) is 14.3. The van der Waals surface area contributed by atoms with E-state index in [1.165, 1.54) is 4.57 Å². The van der Waals surface area contributed by atoms with Gasteiger partial charge in [-0.1, -0.05) is 43.3 Å². The van der Waals surface area contributed by atoms with Crippen molar-refractivity contribution in [1.29, 1.82) is 5.26 Å². The summed E-state index contributed by atoms with van der Waals surface area (Å²) >= 11 is 7.19. The number of halogens is 1. The second-order valence-electron chi connectivity index (χ2n) is 6.98. The maximum absolute atomic E-state index is 12.8. The standard InChI is InChI=1S/C20H23ClN4O2S/c1-6-9-25-18(27)15-8-7-14(21)10-16(15)23-19(25)28-13(4)17(26)24-20(5,11-22)12(2)3/h6-8,10,12-13H,1,9H2,2-5H3,(H,24,26). The Morgan fingerprint density at radius 1 is 1.50 bits per heavy atom. The number of nitriles is 1. The molecule has 2 aromatic rings. The molecule has 0 aliphatic rings. The fraction of sp³-hybridized carbons (Fsp3) is 0.400. The quantitative estimate of drug-likeness (QED) is 0.420. The Morgan fingerprint density at radius 2 is 2.18 bits per heavy atom. The number of fused-ring (bicyclic) bond motifs is 1. The Balaban J connectivity index is 2.40. The van der Waals surface area contributed by atoms with Gasteiger partial charge in [0.05, 0.1) is 22.2 Å². The molecule has 1 amide bonds. The molecule has 8 heteroatoms. The minimum absolute atomic E-state index is 0.0569. The van der Waals surface area contributed by atoms with Gasteiger partial charge in [0.25, 0.3) is 5.56 Å². The van der Waals surface area contributed by atoms with Gasteiger partial charge in [-0.2, -0.15) is 5.26 Å². The van der Waals surface area contributed by atoms with E-state index in [4.69, 9.17) is 11.6 Å². The van der Waals surface area contributed by atoms with Gasteiger partial charge < -0.3 is 5.32 Å². The van der Waals surface area contributed by atoms with E-state index < -0.39 is 10.8 Å². The summed E-state index contributed by atoms with van der Waals surface area (Å²) < 4.78 is 1.48. The molecule has 2 rings (SSSR count). The predicted molar refractivity (Wildman–Crippen MR) is 114 cm³/mol. The highest BCUT2D eigenvalue weighted by molar-refractivity contribution is 8.00. The zero-order valence-electron chi connectivity index (χ0n) is 16.3. The molecule has 0 aliphatic carbocycles. The van der Waals surface area contributed by atoms with Crippen LogP contribution in [0.25, 0.3) is 10.9 Å². The van der Waals surface area contributed by atoms with Gasteiger partial charge in [0.1, 0.15) is 5.54 Å². The molecule has 1 heterocycles. The molecule has 148 valence electrons. The SMILES string of the molecule is C=CCn1c(SC(C)C(=O)NC(C)(C#N)C(C)C)nc2cc(Cl)ccc2c1=O. The Morgan fingerprint density at radius 3 is 2.75 bits per heavy atom. The van der Waals surface area contributed by atoms with Crippen molar-refractivity contribution in [3.05, 3.63) is 46.2 Å². The fourth-order valence-corrected chi connectivity index (χ4v) is 3.51. The number of amides is 1. The third-order valence-corrected chi connectivity index (χ3v) is 5.94. The molecule has 2 atom stereocenters. The zero-order chi connectivity index (χ0) is 21.1. The van der Waals surface area contributed by atoms with Crippen LogP contribution in [0.5, 0.6) is 0 Å². The van der Waals surface area contributed by atoms with Gasteiger partial charge in [-0.25, -0.2) is 4.98 Å². The van der Waals surface area contributed by atoms with Crippen molar-refractivity contribution >= 4 is 40.2 Å². The summed E-state index contributed by atoms with van der Waals surface area (Å²) in [6.45, 7) is 11.1. The van der Waals surface area contributed by atoms with Gasteiger partial charge in [-0.3, -0.25) is 14.2 Å². The lowest BCUT2D eigenvalue weighted by atomic mass is 9.90. The van der Waals surface area contributed by atoms with Crippen LogP contribution in [-0.4, -0.2) is 26.2 Å².